The van der Waals surface area contributed by atoms with Crippen molar-refractivity contribution in [2.24, 2.45) is 0 Å². The standard InChI is InChI=1S/C29H29N5O6/c1-16-24(28(36)31-20-11-6-7-12-21(20)37-2)25(18-14-22(38-3)26(40-5)23(15-18)39-4)34-29(30-16)32-27(33-34)17-9-8-10-19(35)13-17/h6-15,25,35H,1-5H3,(H,31,36)(H,30,32,33). The van der Waals surface area contributed by atoms with Crippen LogP contribution in [-0.4, -0.2) is 54.2 Å². The van der Waals surface area contributed by atoms with Crippen LogP contribution in [0.25, 0.3) is 11.4 Å². The van der Waals surface area contributed by atoms with Crippen molar-refractivity contribution in [3.05, 3.63) is 77.5 Å². The van der Waals surface area contributed by atoms with Crippen LogP contribution in [0.15, 0.2) is 71.9 Å². The fourth-order valence-corrected chi connectivity index (χ4v) is 4.72. The van der Waals surface area contributed by atoms with Gasteiger partial charge in [0, 0.05) is 11.3 Å². The Morgan fingerprint density at radius 1 is 0.925 bits per heavy atom. The Morgan fingerprint density at radius 3 is 2.27 bits per heavy atom. The van der Waals surface area contributed by atoms with Crippen LogP contribution < -0.4 is 29.6 Å². The summed E-state index contributed by atoms with van der Waals surface area (Å²) in [5.74, 6) is 2.30. The van der Waals surface area contributed by atoms with Crippen molar-refractivity contribution >= 4 is 17.5 Å². The fraction of sp³-hybridized carbons (Fsp3) is 0.207. The van der Waals surface area contributed by atoms with Crippen LogP contribution >= 0.6 is 0 Å². The highest BCUT2D eigenvalue weighted by Crippen LogP contribution is 2.44. The van der Waals surface area contributed by atoms with Crippen molar-refractivity contribution in [3.63, 3.8) is 0 Å². The zero-order chi connectivity index (χ0) is 28.4. The molecule has 0 spiro atoms. The maximum atomic E-state index is 13.9. The molecule has 0 saturated carbocycles. The molecule has 4 aromatic rings. The number of amides is 1. The largest absolute Gasteiger partial charge is 0.508 e. The Morgan fingerprint density at radius 2 is 1.62 bits per heavy atom. The number of ether oxygens (including phenoxy) is 4. The van der Waals surface area contributed by atoms with Gasteiger partial charge < -0.3 is 34.7 Å². The normalized spacial score (nSPS) is 14.2. The van der Waals surface area contributed by atoms with Gasteiger partial charge >= 0.3 is 0 Å². The Balaban J connectivity index is 1.68. The highest BCUT2D eigenvalue weighted by atomic mass is 16.5. The summed E-state index contributed by atoms with van der Waals surface area (Å²) in [5.41, 5.74) is 2.75. The Hall–Kier alpha value is -5.19. The van der Waals surface area contributed by atoms with Crippen molar-refractivity contribution in [2.75, 3.05) is 39.1 Å². The summed E-state index contributed by atoms with van der Waals surface area (Å²) in [7, 11) is 6.13. The SMILES string of the molecule is COc1ccccc1NC(=O)C1=C(C)Nc2nc(-c3cccc(O)c3)nn2C1c1cc(OC)c(OC)c(OC)c1. The summed E-state index contributed by atoms with van der Waals surface area (Å²) in [4.78, 5) is 18.6. The van der Waals surface area contributed by atoms with Crippen LogP contribution in [-0.2, 0) is 4.79 Å². The van der Waals surface area contributed by atoms with Crippen molar-refractivity contribution in [1.29, 1.82) is 0 Å². The zero-order valence-electron chi connectivity index (χ0n) is 22.7. The first-order valence-corrected chi connectivity index (χ1v) is 12.4. The molecule has 2 heterocycles. The number of hydrogen-bond acceptors (Lipinski definition) is 9. The van der Waals surface area contributed by atoms with E-state index in [0.717, 1.165) is 0 Å². The van der Waals surface area contributed by atoms with Crippen molar-refractivity contribution in [1.82, 2.24) is 14.8 Å². The first-order valence-electron chi connectivity index (χ1n) is 12.4. The molecule has 11 heteroatoms. The van der Waals surface area contributed by atoms with Gasteiger partial charge in [-0.2, -0.15) is 4.98 Å². The van der Waals surface area contributed by atoms with E-state index in [9.17, 15) is 9.90 Å². The van der Waals surface area contributed by atoms with Gasteiger partial charge in [0.15, 0.2) is 17.3 Å². The predicted octanol–water partition coefficient (Wildman–Crippen LogP) is 4.61. The maximum Gasteiger partial charge on any atom is 0.255 e. The number of phenols is 1. The second kappa shape index (κ2) is 10.9. The van der Waals surface area contributed by atoms with Gasteiger partial charge in [-0.15, -0.1) is 5.10 Å². The van der Waals surface area contributed by atoms with Crippen LogP contribution in [0.2, 0.25) is 0 Å². The smallest absolute Gasteiger partial charge is 0.255 e. The van der Waals surface area contributed by atoms with E-state index in [-0.39, 0.29) is 11.7 Å². The molecular weight excluding hydrogens is 514 g/mol. The van der Waals surface area contributed by atoms with Gasteiger partial charge in [0.25, 0.3) is 5.91 Å². The van der Waals surface area contributed by atoms with E-state index in [1.807, 2.05) is 12.1 Å². The van der Waals surface area contributed by atoms with Gasteiger partial charge in [-0.25, -0.2) is 4.68 Å². The molecule has 206 valence electrons. The molecule has 1 unspecified atom stereocenters. The average Bonchev–Trinajstić information content (AvgIpc) is 3.39. The minimum absolute atomic E-state index is 0.0885. The van der Waals surface area contributed by atoms with Crippen LogP contribution in [0.3, 0.4) is 0 Å². The molecule has 0 radical (unpaired) electrons. The number of carbonyl (C=O) groups is 1. The lowest BCUT2D eigenvalue weighted by Crippen LogP contribution is -2.31. The number of allylic oxidation sites excluding steroid dienone is 1. The van der Waals surface area contributed by atoms with Crippen molar-refractivity contribution < 1.29 is 28.8 Å². The number of nitrogens with one attached hydrogen (secondary N) is 2. The molecular formula is C29H29N5O6. The van der Waals surface area contributed by atoms with E-state index in [1.165, 1.54) is 21.3 Å². The molecule has 1 aromatic heterocycles. The van der Waals surface area contributed by atoms with E-state index in [2.05, 4.69) is 15.6 Å². The lowest BCUT2D eigenvalue weighted by molar-refractivity contribution is -0.113. The molecule has 1 aliphatic heterocycles. The molecule has 0 bridgehead atoms. The molecule has 3 aromatic carbocycles. The second-order valence-corrected chi connectivity index (χ2v) is 8.93. The summed E-state index contributed by atoms with van der Waals surface area (Å²) in [5, 5.41) is 21.0. The quantitative estimate of drug-likeness (QED) is 0.292. The summed E-state index contributed by atoms with van der Waals surface area (Å²) in [6.07, 6.45) is 0. The number of aromatic nitrogens is 3. The van der Waals surface area contributed by atoms with Gasteiger partial charge in [-0.3, -0.25) is 4.79 Å². The van der Waals surface area contributed by atoms with Gasteiger partial charge in [-0.1, -0.05) is 24.3 Å². The Bertz CT molecular complexity index is 1590. The van der Waals surface area contributed by atoms with Crippen LogP contribution in [0.1, 0.15) is 18.5 Å². The third-order valence-corrected chi connectivity index (χ3v) is 6.56. The predicted molar refractivity (Wildman–Crippen MR) is 149 cm³/mol. The number of methoxy groups -OCH3 is 4. The van der Waals surface area contributed by atoms with E-state index in [4.69, 9.17) is 24.0 Å². The summed E-state index contributed by atoms with van der Waals surface area (Å²) < 4.78 is 23.8. The lowest BCUT2D eigenvalue weighted by Gasteiger charge is -2.29. The zero-order valence-corrected chi connectivity index (χ0v) is 22.7. The third kappa shape index (κ3) is 4.73. The number of phenolic OH excluding ortho intramolecular Hbond substituents is 1. The molecule has 3 N–H and O–H groups in total. The number of aromatic hydroxyl groups is 1. The molecule has 0 aliphatic carbocycles. The average molecular weight is 544 g/mol. The van der Waals surface area contributed by atoms with Crippen molar-refractivity contribution in [3.8, 4) is 40.1 Å². The first-order chi connectivity index (χ1) is 19.4. The lowest BCUT2D eigenvalue weighted by atomic mass is 9.94. The molecule has 40 heavy (non-hydrogen) atoms. The number of para-hydroxylation sites is 2. The fourth-order valence-electron chi connectivity index (χ4n) is 4.72. The van der Waals surface area contributed by atoms with E-state index in [1.54, 1.807) is 67.2 Å². The minimum Gasteiger partial charge on any atom is -0.508 e. The number of rotatable bonds is 8. The highest BCUT2D eigenvalue weighted by Gasteiger charge is 2.36. The third-order valence-electron chi connectivity index (χ3n) is 6.56. The second-order valence-electron chi connectivity index (χ2n) is 8.93. The van der Waals surface area contributed by atoms with Gasteiger partial charge in [-0.05, 0) is 48.9 Å². The molecule has 0 saturated heterocycles. The number of benzene rings is 3. The topological polar surface area (TPSA) is 129 Å². The highest BCUT2D eigenvalue weighted by molar-refractivity contribution is 6.06. The van der Waals surface area contributed by atoms with Gasteiger partial charge in [0.05, 0.1) is 39.7 Å². The molecule has 1 atom stereocenters. The molecule has 0 fully saturated rings. The van der Waals surface area contributed by atoms with E-state index < -0.39 is 6.04 Å². The monoisotopic (exact) mass is 543 g/mol. The number of fused-ring (bicyclic) bond motifs is 1. The van der Waals surface area contributed by atoms with Crippen molar-refractivity contribution in [2.45, 2.75) is 13.0 Å². The van der Waals surface area contributed by atoms with Crippen LogP contribution in [0.5, 0.6) is 28.7 Å². The summed E-state index contributed by atoms with van der Waals surface area (Å²) in [6, 6.07) is 16.6. The molecule has 1 aliphatic rings. The summed E-state index contributed by atoms with van der Waals surface area (Å²) >= 11 is 0. The molecule has 1 amide bonds. The number of nitrogens with zero attached hydrogens (tertiary/aromatic N) is 3. The van der Waals surface area contributed by atoms with Gasteiger partial charge in [0.2, 0.25) is 11.7 Å². The first kappa shape index (κ1) is 26.4. The molecule has 11 nitrogen and oxygen atoms in total. The van der Waals surface area contributed by atoms with Gasteiger partial charge in [0.1, 0.15) is 17.5 Å². The van der Waals surface area contributed by atoms with E-state index >= 15 is 0 Å². The van der Waals surface area contributed by atoms with Crippen LogP contribution in [0.4, 0.5) is 11.6 Å². The minimum atomic E-state index is -0.738. The number of anilines is 2. The van der Waals surface area contributed by atoms with Crippen LogP contribution in [0, 0.1) is 0 Å². The number of carbonyl (C=O) groups excluding carboxylic acids is 1. The molecule has 5 rings (SSSR count). The summed E-state index contributed by atoms with van der Waals surface area (Å²) in [6.45, 7) is 1.80. The maximum absolute atomic E-state index is 13.9. The number of hydrogen-bond donors (Lipinski definition) is 3. The Kier molecular flexibility index (Phi) is 7.19. The Labute approximate surface area is 231 Å². The van der Waals surface area contributed by atoms with E-state index in [0.29, 0.717) is 62.9 Å².